The number of primary amides is 1. The minimum Gasteiger partial charge on any atom is -0.508 e. The van der Waals surface area contributed by atoms with Crippen molar-refractivity contribution in [3.63, 3.8) is 0 Å². The number of carboxylic acid groups (broad SMARTS) is 1. The van der Waals surface area contributed by atoms with Crippen molar-refractivity contribution >= 4 is 87.8 Å². The predicted octanol–water partition coefficient (Wildman–Crippen LogP) is 4.58. The highest BCUT2D eigenvalue weighted by atomic mass is 35.5. The van der Waals surface area contributed by atoms with Gasteiger partial charge in [0.25, 0.3) is 0 Å². The summed E-state index contributed by atoms with van der Waals surface area (Å²) in [7, 11) is 1.48. The van der Waals surface area contributed by atoms with Crippen molar-refractivity contribution in [2.75, 3.05) is 19.0 Å². The number of halogens is 3. The molecule has 36 heteroatoms. The topological polar surface area (TPSA) is 517 Å². The highest BCUT2D eigenvalue weighted by Gasteiger charge is 2.52. The lowest BCUT2D eigenvalue weighted by Crippen LogP contribution is -2.64. The molecule has 0 saturated carbocycles. The molecule has 20 N–H and O–H groups in total. The van der Waals surface area contributed by atoms with Crippen LogP contribution in [-0.4, -0.2) is 191 Å². The number of benzene rings is 7. The van der Waals surface area contributed by atoms with Gasteiger partial charge in [0.2, 0.25) is 53.4 Å². The molecule has 0 spiro atoms. The largest absolute Gasteiger partial charge is 0.508 e. The number of likely N-dealkylation sites (N-methyl/N-ethyl adjacent to an activating group) is 1. The normalized spacial score (nSPS) is 27.3. The van der Waals surface area contributed by atoms with Crippen molar-refractivity contribution in [2.24, 2.45) is 11.7 Å². The average molecular weight is 1640 g/mol. The van der Waals surface area contributed by atoms with E-state index in [-0.39, 0.29) is 46.2 Å². The minimum absolute atomic E-state index is 0.107. The van der Waals surface area contributed by atoms with Gasteiger partial charge in [0.15, 0.2) is 29.9 Å². The van der Waals surface area contributed by atoms with Gasteiger partial charge in [-0.05, 0) is 145 Å². The number of hydrogen-bond acceptors (Lipinski definition) is 25. The van der Waals surface area contributed by atoms with Crippen molar-refractivity contribution in [3.8, 4) is 68.2 Å². The van der Waals surface area contributed by atoms with E-state index in [0.717, 1.165) is 77.9 Å². The lowest BCUT2D eigenvalue weighted by Gasteiger charge is -2.48. The van der Waals surface area contributed by atoms with Gasteiger partial charge in [-0.3, -0.25) is 33.6 Å². The highest BCUT2D eigenvalue weighted by molar-refractivity contribution is 6.32. The Morgan fingerprint density at radius 2 is 1.25 bits per heavy atom. The van der Waals surface area contributed by atoms with E-state index >= 15 is 14.4 Å². The maximum atomic E-state index is 16.2. The predicted molar refractivity (Wildman–Crippen MR) is 406 cm³/mol. The molecule has 7 amide bonds. The molecule has 7 aromatic carbocycles. The molecule has 114 heavy (non-hydrogen) atoms. The Bertz CT molecular complexity index is 4870. The molecule has 11 bridgehead atoms. The molecule has 604 valence electrons. The molecule has 2 fully saturated rings. The van der Waals surface area contributed by atoms with Gasteiger partial charge >= 0.3 is 5.97 Å². The monoisotopic (exact) mass is 1630 g/mol. The second-order valence-corrected chi connectivity index (χ2v) is 30.1. The van der Waals surface area contributed by atoms with Crippen LogP contribution < -0.4 is 62.5 Å². The summed E-state index contributed by atoms with van der Waals surface area (Å²) in [5.41, 5.74) is 3.88. The van der Waals surface area contributed by atoms with Gasteiger partial charge in [0.05, 0.1) is 40.8 Å². The molecular weight excluding hydrogens is 1550 g/mol. The first kappa shape index (κ1) is 82.8. The first-order valence-corrected chi connectivity index (χ1v) is 37.0. The summed E-state index contributed by atoms with van der Waals surface area (Å²) in [6.45, 7) is 5.90. The van der Waals surface area contributed by atoms with Gasteiger partial charge in [-0.15, -0.1) is 0 Å². The molecule has 0 radical (unpaired) electrons. The number of aliphatic hydroxyl groups is 6. The Morgan fingerprint density at radius 3 is 1.85 bits per heavy atom. The zero-order valence-corrected chi connectivity index (χ0v) is 63.5. The number of ether oxygens (including phenoxy) is 6. The Kier molecular flexibility index (Phi) is 24.8. The Balaban J connectivity index is 1.05. The van der Waals surface area contributed by atoms with Crippen molar-refractivity contribution in [3.05, 3.63) is 170 Å². The van der Waals surface area contributed by atoms with E-state index in [9.17, 15) is 75.0 Å². The van der Waals surface area contributed by atoms with Crippen LogP contribution in [0.5, 0.6) is 46.0 Å². The average Bonchev–Trinajstić information content (AvgIpc) is 0.742. The molecule has 7 aromatic rings. The number of carbonyl (C=O) groups excluding carboxylic acids is 7. The number of fused-ring (bicyclic) bond motifs is 15. The third kappa shape index (κ3) is 17.7. The fraction of sp³-hybridized carbons (Fsp3) is 0.359. The summed E-state index contributed by atoms with van der Waals surface area (Å²) < 4.78 is 39.4. The molecule has 0 unspecified atom stereocenters. The number of carbonyl (C=O) groups is 8. The number of amides is 7. The van der Waals surface area contributed by atoms with Crippen molar-refractivity contribution in [1.82, 2.24) is 37.2 Å². The van der Waals surface area contributed by atoms with Gasteiger partial charge < -0.3 is 128 Å². The van der Waals surface area contributed by atoms with Crippen LogP contribution in [0.4, 0.5) is 5.69 Å². The van der Waals surface area contributed by atoms with Gasteiger partial charge in [-0.2, -0.15) is 0 Å². The fourth-order valence-electron chi connectivity index (χ4n) is 14.3. The van der Waals surface area contributed by atoms with E-state index < -0.39 is 237 Å². The van der Waals surface area contributed by atoms with Crippen molar-refractivity contribution in [1.29, 1.82) is 0 Å². The van der Waals surface area contributed by atoms with Gasteiger partial charge in [0.1, 0.15) is 95.6 Å². The van der Waals surface area contributed by atoms with Gasteiger partial charge in [-0.25, -0.2) is 4.79 Å². The zero-order chi connectivity index (χ0) is 82.2. The Morgan fingerprint density at radius 1 is 0.658 bits per heavy atom. The smallest absolute Gasteiger partial charge is 0.330 e. The van der Waals surface area contributed by atoms with E-state index in [0.29, 0.717) is 10.7 Å². The molecule has 7 heterocycles. The first-order chi connectivity index (χ1) is 54.1. The third-order valence-corrected chi connectivity index (χ3v) is 21.1. The second-order valence-electron chi connectivity index (χ2n) is 28.8. The van der Waals surface area contributed by atoms with Crippen LogP contribution in [0.2, 0.25) is 15.1 Å². The van der Waals surface area contributed by atoms with Crippen LogP contribution in [0.15, 0.2) is 127 Å². The van der Waals surface area contributed by atoms with Crippen LogP contribution in [0.25, 0.3) is 22.3 Å². The third-order valence-electron chi connectivity index (χ3n) is 20.2. The van der Waals surface area contributed by atoms with Crippen LogP contribution in [0, 0.1) is 5.92 Å². The van der Waals surface area contributed by atoms with Crippen molar-refractivity contribution in [2.45, 2.75) is 156 Å². The maximum absolute atomic E-state index is 16.2. The molecule has 2 saturated heterocycles. The Labute approximate surface area is 664 Å². The van der Waals surface area contributed by atoms with Crippen LogP contribution in [-0.2, 0) is 52.6 Å². The molecular formula is C78H82Cl3N9O24. The molecule has 33 nitrogen and oxygen atoms in total. The van der Waals surface area contributed by atoms with E-state index in [1.165, 1.54) is 19.2 Å². The van der Waals surface area contributed by atoms with E-state index in [2.05, 4.69) is 42.5 Å². The number of aliphatic hydroxyl groups excluding tert-OH is 6. The standard InChI is InChI=1S/C78H82Cl3N9O24/c1-31(2)20-46(83-5)70(101)88-61-63(96)36-11-18-50(44(80)22-36)110-52-24-38-25-53(67(52)114-77-68(66(99)65(98)54(30-91)112-77)113-56-29-78(4,69(100)32(3)109-56)90-40-15-8-34(9-16-40)33-6-13-39(79)14-7-33)111-51-19-12-37(23-45(51)81)64(97)62-75(106)87-60(76(107)108)43-26-41(92)27-49(94)57(43)42-21-35(10-17-48(42)93)58(72(103)89-62)86-73(104)59(38)85-71(102)47(28-55(82)95)84-74(61)105/h6-19,21-27,31-32,46-47,54,56,58-66,68-69,77,83,90-94,96-100H,20,28-30H2,1-5H3,(H2,82,95)(H,84,105)(H,85,102)(H,86,104)(H,87,106)(H,88,101)(H,89,103)(H,107,108)/t32-,46+,47-,54+,56-,58+,59+,60-,61+,62-,63+,64+,65+,66-,68+,69+,77-,78-/m0/s1. The zero-order valence-electron chi connectivity index (χ0n) is 61.2. The molecule has 0 aliphatic carbocycles. The molecule has 7 aliphatic rings. The van der Waals surface area contributed by atoms with E-state index in [1.54, 1.807) is 38.1 Å². The van der Waals surface area contributed by atoms with E-state index in [1.807, 2.05) is 38.1 Å². The maximum Gasteiger partial charge on any atom is 0.330 e. The molecule has 7 aliphatic heterocycles. The lowest BCUT2D eigenvalue weighted by molar-refractivity contribution is -0.332. The first-order valence-electron chi connectivity index (χ1n) is 35.9. The number of nitrogens with two attached hydrogens (primary N) is 1. The number of phenolic OH excluding ortho intramolecular Hbond substituents is 3. The highest BCUT2D eigenvalue weighted by Crippen LogP contribution is 2.50. The van der Waals surface area contributed by atoms with Gasteiger partial charge in [-0.1, -0.05) is 91.1 Å². The summed E-state index contributed by atoms with van der Waals surface area (Å²) in [4.78, 5) is 118. The number of carboxylic acids is 1. The second kappa shape index (κ2) is 34.2. The molecule has 0 aromatic heterocycles. The van der Waals surface area contributed by atoms with E-state index in [4.69, 9.17) is 69.0 Å². The Hall–Kier alpha value is -10.6. The molecule has 18 atom stereocenters. The number of phenols is 3. The summed E-state index contributed by atoms with van der Waals surface area (Å²) in [5.74, 6) is -16.1. The summed E-state index contributed by atoms with van der Waals surface area (Å²) >= 11 is 20.4. The number of aliphatic carboxylic acids is 1. The summed E-state index contributed by atoms with van der Waals surface area (Å²) in [6, 6.07) is 13.8. The quantitative estimate of drug-likeness (QED) is 0.0629. The summed E-state index contributed by atoms with van der Waals surface area (Å²) in [5, 5.41) is 137. The lowest BCUT2D eigenvalue weighted by atomic mass is 9.84. The number of aromatic hydroxyl groups is 3. The number of rotatable bonds is 16. The van der Waals surface area contributed by atoms with Crippen LogP contribution in [0.3, 0.4) is 0 Å². The fourth-order valence-corrected chi connectivity index (χ4v) is 14.9. The van der Waals surface area contributed by atoms with Crippen LogP contribution in [0.1, 0.15) is 105 Å². The number of nitrogens with one attached hydrogen (secondary N) is 8. The number of anilines is 1. The minimum atomic E-state index is -2.36. The summed E-state index contributed by atoms with van der Waals surface area (Å²) in [6.07, 6.45) is -18.8. The number of hydrogen-bond donors (Lipinski definition) is 19. The SMILES string of the molecule is CN[C@H](CC(C)C)C(=O)N[C@H]1C(=O)N[C@@H](CC(N)=O)C(=O)N[C@H]2C(=O)N[C@H]3C(=O)N[C@H](C(=O)N[C@H](C(=O)O)c4cc(O)cc(O)c4-c4cc3ccc4O)[C@H](O)c3ccc(c(Cl)c3)Oc3cc2cc(c3O[C@@H]2O[C@H](CO)[C@@H](O)[C@H](O)[C@H]2O[C@H]2C[C@](C)(Nc3ccc(-c4ccc(Cl)cc4)cc3)[C@H](O)[C@H](C)O2)Oc2ccc(cc2Cl)[C@H]1O. The van der Waals surface area contributed by atoms with Crippen molar-refractivity contribution < 1.29 is 118 Å². The van der Waals surface area contributed by atoms with Gasteiger partial charge in [0, 0.05) is 39.9 Å². The molecule has 14 rings (SSSR count). The van der Waals surface area contributed by atoms with Crippen LogP contribution >= 0.6 is 34.8 Å².